The minimum Gasteiger partial charge on any atom is -0.353 e. The van der Waals surface area contributed by atoms with Crippen molar-refractivity contribution in [2.75, 3.05) is 11.4 Å². The Bertz CT molecular complexity index is 674. The Hall–Kier alpha value is -1.71. The summed E-state index contributed by atoms with van der Waals surface area (Å²) in [6.07, 6.45) is 6.16. The first-order valence-electron chi connectivity index (χ1n) is 7.64. The van der Waals surface area contributed by atoms with Crippen LogP contribution in [-0.4, -0.2) is 27.5 Å². The van der Waals surface area contributed by atoms with Gasteiger partial charge in [0.05, 0.1) is 16.6 Å². The smallest absolute Gasteiger partial charge is 0.142 e. The van der Waals surface area contributed by atoms with E-state index in [4.69, 9.17) is 9.97 Å². The van der Waals surface area contributed by atoms with Crippen LogP contribution in [0.4, 0.5) is 5.82 Å². The third kappa shape index (κ3) is 1.78. The number of aromatic nitrogens is 3. The average Bonchev–Trinajstić information content (AvgIpc) is 2.57. The summed E-state index contributed by atoms with van der Waals surface area (Å²) in [6, 6.07) is 2.73. The molecule has 2 aliphatic heterocycles. The van der Waals surface area contributed by atoms with Gasteiger partial charge in [0.2, 0.25) is 0 Å². The Labute approximate surface area is 119 Å². The Balaban J connectivity index is 2.02. The average molecular weight is 268 g/mol. The van der Waals surface area contributed by atoms with Crippen molar-refractivity contribution in [3.8, 4) is 0 Å². The van der Waals surface area contributed by atoms with Crippen LogP contribution in [0.2, 0.25) is 0 Å². The molecule has 4 heteroatoms. The maximum atomic E-state index is 4.78. The Kier molecular flexibility index (Phi) is 2.65. The molecule has 0 amide bonds. The van der Waals surface area contributed by atoms with E-state index in [9.17, 15) is 0 Å². The fraction of sp³-hybridized carbons (Fsp3) is 0.562. The number of fused-ring (bicyclic) bond motifs is 2. The van der Waals surface area contributed by atoms with Crippen molar-refractivity contribution in [1.82, 2.24) is 15.0 Å². The van der Waals surface area contributed by atoms with Gasteiger partial charge in [-0.25, -0.2) is 9.97 Å². The molecule has 20 heavy (non-hydrogen) atoms. The summed E-state index contributed by atoms with van der Waals surface area (Å²) in [5, 5.41) is 1.20. The lowest BCUT2D eigenvalue weighted by atomic mass is 9.99. The van der Waals surface area contributed by atoms with Crippen molar-refractivity contribution in [2.45, 2.75) is 52.0 Å². The lowest BCUT2D eigenvalue weighted by molar-refractivity contribution is 0.438. The highest BCUT2D eigenvalue weighted by Crippen LogP contribution is 2.36. The summed E-state index contributed by atoms with van der Waals surface area (Å²) in [6.45, 7) is 5.18. The lowest BCUT2D eigenvalue weighted by Crippen LogP contribution is -2.39. The molecule has 1 fully saturated rings. The predicted octanol–water partition coefficient (Wildman–Crippen LogP) is 2.95. The van der Waals surface area contributed by atoms with Crippen LogP contribution in [0.5, 0.6) is 0 Å². The zero-order valence-electron chi connectivity index (χ0n) is 12.2. The molecule has 104 valence electrons. The third-order valence-electron chi connectivity index (χ3n) is 4.59. The van der Waals surface area contributed by atoms with Gasteiger partial charge in [-0.15, -0.1) is 0 Å². The molecule has 0 bridgehead atoms. The fourth-order valence-electron chi connectivity index (χ4n) is 3.73. The molecule has 0 aromatic carbocycles. The normalized spacial score (nSPS) is 21.7. The minimum atomic E-state index is 0.635. The van der Waals surface area contributed by atoms with Gasteiger partial charge in [-0.3, -0.25) is 4.98 Å². The number of aryl methyl sites for hydroxylation is 3. The quantitative estimate of drug-likeness (QED) is 0.736. The van der Waals surface area contributed by atoms with Gasteiger partial charge in [-0.05, 0) is 52.0 Å². The second-order valence-corrected chi connectivity index (χ2v) is 6.08. The van der Waals surface area contributed by atoms with Gasteiger partial charge in [0.15, 0.2) is 0 Å². The van der Waals surface area contributed by atoms with Gasteiger partial charge in [-0.2, -0.15) is 0 Å². The second kappa shape index (κ2) is 4.40. The number of hydrogen-bond acceptors (Lipinski definition) is 4. The van der Waals surface area contributed by atoms with E-state index in [0.29, 0.717) is 6.04 Å². The van der Waals surface area contributed by atoms with Crippen LogP contribution in [0, 0.1) is 13.8 Å². The van der Waals surface area contributed by atoms with Gasteiger partial charge in [0, 0.05) is 18.3 Å². The van der Waals surface area contributed by atoms with Crippen LogP contribution in [0.25, 0.3) is 10.9 Å². The number of nitrogens with zero attached hydrogens (tertiary/aromatic N) is 4. The van der Waals surface area contributed by atoms with Gasteiger partial charge < -0.3 is 4.90 Å². The van der Waals surface area contributed by atoms with E-state index in [-0.39, 0.29) is 0 Å². The highest BCUT2D eigenvalue weighted by molar-refractivity contribution is 5.92. The standard InChI is InChI=1S/C16H20N4/c1-10-9-14-15-13(17-10)7-6-12-5-3-4-8-20(12)16(15)19-11(2)18-14/h9,12H,3-8H2,1-2H3. The van der Waals surface area contributed by atoms with E-state index < -0.39 is 0 Å². The molecule has 0 radical (unpaired) electrons. The summed E-state index contributed by atoms with van der Waals surface area (Å²) in [4.78, 5) is 16.7. The van der Waals surface area contributed by atoms with Crippen LogP contribution < -0.4 is 4.90 Å². The number of pyridine rings is 1. The van der Waals surface area contributed by atoms with Crippen LogP contribution in [0.3, 0.4) is 0 Å². The Morgan fingerprint density at radius 3 is 2.90 bits per heavy atom. The first kappa shape index (κ1) is 12.1. The molecule has 1 atom stereocenters. The molecule has 1 saturated heterocycles. The van der Waals surface area contributed by atoms with Crippen LogP contribution >= 0.6 is 0 Å². The summed E-state index contributed by atoms with van der Waals surface area (Å²) in [5.74, 6) is 2.01. The van der Waals surface area contributed by atoms with Crippen LogP contribution in [0.15, 0.2) is 6.07 Å². The molecule has 4 nitrogen and oxygen atoms in total. The van der Waals surface area contributed by atoms with Crippen molar-refractivity contribution in [2.24, 2.45) is 0 Å². The number of piperidine rings is 1. The van der Waals surface area contributed by atoms with E-state index in [1.165, 1.54) is 36.8 Å². The van der Waals surface area contributed by atoms with Crippen molar-refractivity contribution in [3.63, 3.8) is 0 Å². The number of anilines is 1. The highest BCUT2D eigenvalue weighted by atomic mass is 15.2. The zero-order valence-corrected chi connectivity index (χ0v) is 12.2. The van der Waals surface area contributed by atoms with E-state index in [0.717, 1.165) is 35.8 Å². The van der Waals surface area contributed by atoms with Crippen molar-refractivity contribution < 1.29 is 0 Å². The first-order chi connectivity index (χ1) is 9.72. The molecule has 2 aliphatic rings. The van der Waals surface area contributed by atoms with Crippen molar-refractivity contribution in [1.29, 1.82) is 0 Å². The monoisotopic (exact) mass is 268 g/mol. The highest BCUT2D eigenvalue weighted by Gasteiger charge is 2.29. The lowest BCUT2D eigenvalue weighted by Gasteiger charge is -2.36. The summed E-state index contributed by atoms with van der Waals surface area (Å²) in [7, 11) is 0. The Morgan fingerprint density at radius 2 is 2.00 bits per heavy atom. The molecule has 2 aromatic heterocycles. The van der Waals surface area contributed by atoms with E-state index in [1.807, 2.05) is 6.92 Å². The SMILES string of the molecule is Cc1cc2nc(C)nc3c2c(n1)CCC1CCCCN31. The van der Waals surface area contributed by atoms with Gasteiger partial charge in [-0.1, -0.05) is 0 Å². The molecule has 1 unspecified atom stereocenters. The fourth-order valence-corrected chi connectivity index (χ4v) is 3.73. The van der Waals surface area contributed by atoms with E-state index in [1.54, 1.807) is 0 Å². The summed E-state index contributed by atoms with van der Waals surface area (Å²) in [5.41, 5.74) is 3.34. The maximum absolute atomic E-state index is 4.78. The molecule has 2 aromatic rings. The number of hydrogen-bond donors (Lipinski definition) is 0. The zero-order chi connectivity index (χ0) is 13.7. The third-order valence-corrected chi connectivity index (χ3v) is 4.59. The Morgan fingerprint density at radius 1 is 1.10 bits per heavy atom. The molecular weight excluding hydrogens is 248 g/mol. The minimum absolute atomic E-state index is 0.635. The van der Waals surface area contributed by atoms with Gasteiger partial charge >= 0.3 is 0 Å². The van der Waals surface area contributed by atoms with E-state index in [2.05, 4.69) is 22.9 Å². The molecular formula is C16H20N4. The molecule has 0 aliphatic carbocycles. The largest absolute Gasteiger partial charge is 0.353 e. The second-order valence-electron chi connectivity index (χ2n) is 6.08. The van der Waals surface area contributed by atoms with Crippen LogP contribution in [0.1, 0.15) is 42.9 Å². The first-order valence-corrected chi connectivity index (χ1v) is 7.64. The molecule has 0 saturated carbocycles. The number of rotatable bonds is 0. The molecule has 0 N–H and O–H groups in total. The predicted molar refractivity (Wildman–Crippen MR) is 80.1 cm³/mol. The van der Waals surface area contributed by atoms with Gasteiger partial charge in [0.1, 0.15) is 11.6 Å². The molecule has 0 spiro atoms. The summed E-state index contributed by atoms with van der Waals surface area (Å²) < 4.78 is 0. The molecule has 4 heterocycles. The van der Waals surface area contributed by atoms with Crippen molar-refractivity contribution in [3.05, 3.63) is 23.3 Å². The summed E-state index contributed by atoms with van der Waals surface area (Å²) >= 11 is 0. The van der Waals surface area contributed by atoms with Crippen molar-refractivity contribution >= 4 is 16.7 Å². The van der Waals surface area contributed by atoms with Crippen LogP contribution in [-0.2, 0) is 6.42 Å². The van der Waals surface area contributed by atoms with E-state index >= 15 is 0 Å². The van der Waals surface area contributed by atoms with Gasteiger partial charge in [0.25, 0.3) is 0 Å². The molecule has 4 rings (SSSR count). The maximum Gasteiger partial charge on any atom is 0.142 e. The topological polar surface area (TPSA) is 41.9 Å².